The van der Waals surface area contributed by atoms with Crippen LogP contribution in [0.4, 0.5) is 9.18 Å². The second kappa shape index (κ2) is 9.12. The number of carbonyl (C=O) groups is 2. The number of halogens is 1. The van der Waals surface area contributed by atoms with E-state index in [9.17, 15) is 14.0 Å². The molecule has 1 rings (SSSR count). The minimum Gasteiger partial charge on any atom is -0.453 e. The van der Waals surface area contributed by atoms with Gasteiger partial charge in [0.15, 0.2) is 0 Å². The van der Waals surface area contributed by atoms with E-state index < -0.39 is 12.1 Å². The number of rotatable bonds is 7. The van der Waals surface area contributed by atoms with Crippen LogP contribution in [0.3, 0.4) is 0 Å². The summed E-state index contributed by atoms with van der Waals surface area (Å²) in [7, 11) is 1.26. The van der Waals surface area contributed by atoms with E-state index in [0.717, 1.165) is 5.56 Å². The van der Waals surface area contributed by atoms with Crippen molar-refractivity contribution in [2.24, 2.45) is 5.92 Å². The van der Waals surface area contributed by atoms with E-state index in [1.54, 1.807) is 12.1 Å². The first-order valence-electron chi connectivity index (χ1n) is 7.71. The summed E-state index contributed by atoms with van der Waals surface area (Å²) in [5.74, 6) is -0.293. The third kappa shape index (κ3) is 7.13. The van der Waals surface area contributed by atoms with Crippen LogP contribution in [0.5, 0.6) is 0 Å². The zero-order valence-corrected chi connectivity index (χ0v) is 14.1. The molecule has 6 heteroatoms. The highest BCUT2D eigenvalue weighted by Gasteiger charge is 2.23. The monoisotopic (exact) mass is 324 g/mol. The third-order valence-electron chi connectivity index (χ3n) is 3.34. The van der Waals surface area contributed by atoms with Gasteiger partial charge in [-0.3, -0.25) is 4.79 Å². The summed E-state index contributed by atoms with van der Waals surface area (Å²) >= 11 is 0. The standard InChI is InChI=1S/C17H25FN2O3/c1-11(2)9-15(20-17(22)23-4)16(21)19-12(3)10-13-5-7-14(18)8-6-13/h5-8,11-12,15H,9-10H2,1-4H3,(H,19,21)(H,20,22)/t12-,15-/m1/s1. The van der Waals surface area contributed by atoms with Gasteiger partial charge in [0.1, 0.15) is 11.9 Å². The number of methoxy groups -OCH3 is 1. The second-order valence-corrected chi connectivity index (χ2v) is 6.06. The molecule has 0 saturated carbocycles. The van der Waals surface area contributed by atoms with Crippen LogP contribution < -0.4 is 10.6 Å². The molecule has 0 heterocycles. The van der Waals surface area contributed by atoms with Gasteiger partial charge in [-0.1, -0.05) is 26.0 Å². The zero-order valence-electron chi connectivity index (χ0n) is 14.1. The van der Waals surface area contributed by atoms with Crippen molar-refractivity contribution >= 4 is 12.0 Å². The molecule has 23 heavy (non-hydrogen) atoms. The first kappa shape index (κ1) is 18.9. The normalized spacial score (nSPS) is 13.3. The summed E-state index contributed by atoms with van der Waals surface area (Å²) in [6.45, 7) is 5.81. The van der Waals surface area contributed by atoms with Crippen molar-refractivity contribution in [2.75, 3.05) is 7.11 Å². The lowest BCUT2D eigenvalue weighted by atomic mass is 10.0. The van der Waals surface area contributed by atoms with Crippen molar-refractivity contribution in [1.82, 2.24) is 10.6 Å². The molecule has 0 aliphatic carbocycles. The summed E-state index contributed by atoms with van der Waals surface area (Å²) in [5, 5.41) is 5.43. The van der Waals surface area contributed by atoms with Crippen LogP contribution in [-0.4, -0.2) is 31.2 Å². The third-order valence-corrected chi connectivity index (χ3v) is 3.34. The molecule has 128 valence electrons. The van der Waals surface area contributed by atoms with Crippen LogP contribution >= 0.6 is 0 Å². The topological polar surface area (TPSA) is 67.4 Å². The predicted molar refractivity (Wildman–Crippen MR) is 86.5 cm³/mol. The Labute approximate surface area is 136 Å². The average Bonchev–Trinajstić information content (AvgIpc) is 2.48. The lowest BCUT2D eigenvalue weighted by Crippen LogP contribution is -2.50. The maximum atomic E-state index is 12.9. The van der Waals surface area contributed by atoms with Crippen LogP contribution in [-0.2, 0) is 16.0 Å². The number of hydrogen-bond donors (Lipinski definition) is 2. The quantitative estimate of drug-likeness (QED) is 0.810. The van der Waals surface area contributed by atoms with Crippen molar-refractivity contribution in [1.29, 1.82) is 0 Å². The van der Waals surface area contributed by atoms with Crippen LogP contribution in [0.15, 0.2) is 24.3 Å². The Hall–Kier alpha value is -2.11. The van der Waals surface area contributed by atoms with Crippen molar-refractivity contribution in [3.63, 3.8) is 0 Å². The summed E-state index contributed by atoms with van der Waals surface area (Å²) in [5.41, 5.74) is 0.931. The molecule has 0 spiro atoms. The number of amides is 2. The molecule has 0 fully saturated rings. The van der Waals surface area contributed by atoms with Crippen LogP contribution in [0.2, 0.25) is 0 Å². The van der Waals surface area contributed by atoms with E-state index in [1.807, 2.05) is 20.8 Å². The van der Waals surface area contributed by atoms with E-state index in [1.165, 1.54) is 19.2 Å². The van der Waals surface area contributed by atoms with Gasteiger partial charge in [-0.25, -0.2) is 9.18 Å². The van der Waals surface area contributed by atoms with Crippen LogP contribution in [0.1, 0.15) is 32.8 Å². The molecule has 2 atom stereocenters. The number of alkyl carbamates (subject to hydrolysis) is 1. The van der Waals surface area contributed by atoms with Gasteiger partial charge in [-0.05, 0) is 43.4 Å². The zero-order chi connectivity index (χ0) is 17.4. The van der Waals surface area contributed by atoms with Crippen LogP contribution in [0, 0.1) is 11.7 Å². The minimum absolute atomic E-state index is 0.137. The molecule has 0 radical (unpaired) electrons. The predicted octanol–water partition coefficient (Wildman–Crippen LogP) is 2.64. The van der Waals surface area contributed by atoms with Gasteiger partial charge in [-0.15, -0.1) is 0 Å². The van der Waals surface area contributed by atoms with Crippen molar-refractivity contribution < 1.29 is 18.7 Å². The molecule has 2 amide bonds. The SMILES string of the molecule is COC(=O)N[C@H](CC(C)C)C(=O)N[C@H](C)Cc1ccc(F)cc1. The molecule has 0 aliphatic rings. The highest BCUT2D eigenvalue weighted by Crippen LogP contribution is 2.08. The summed E-state index contributed by atoms with van der Waals surface area (Å²) in [4.78, 5) is 23.7. The molecular weight excluding hydrogens is 299 g/mol. The second-order valence-electron chi connectivity index (χ2n) is 6.06. The smallest absolute Gasteiger partial charge is 0.407 e. The number of benzene rings is 1. The van der Waals surface area contributed by atoms with Gasteiger partial charge in [0.2, 0.25) is 5.91 Å². The lowest BCUT2D eigenvalue weighted by molar-refractivity contribution is -0.124. The van der Waals surface area contributed by atoms with Crippen LogP contribution in [0.25, 0.3) is 0 Å². The van der Waals surface area contributed by atoms with E-state index in [0.29, 0.717) is 12.8 Å². The van der Waals surface area contributed by atoms with Gasteiger partial charge in [0, 0.05) is 6.04 Å². The molecule has 5 nitrogen and oxygen atoms in total. The maximum Gasteiger partial charge on any atom is 0.407 e. The molecule has 0 aromatic heterocycles. The maximum absolute atomic E-state index is 12.9. The lowest BCUT2D eigenvalue weighted by Gasteiger charge is -2.22. The van der Waals surface area contributed by atoms with E-state index in [-0.39, 0.29) is 23.7 Å². The fourth-order valence-electron chi connectivity index (χ4n) is 2.27. The van der Waals surface area contributed by atoms with Crippen molar-refractivity contribution in [3.8, 4) is 0 Å². The Balaban J connectivity index is 2.61. The van der Waals surface area contributed by atoms with Gasteiger partial charge in [-0.2, -0.15) is 0 Å². The highest BCUT2D eigenvalue weighted by atomic mass is 19.1. The fraction of sp³-hybridized carbons (Fsp3) is 0.529. The van der Waals surface area contributed by atoms with Gasteiger partial charge in [0.25, 0.3) is 0 Å². The Bertz CT molecular complexity index is 517. The van der Waals surface area contributed by atoms with Gasteiger partial charge in [0.05, 0.1) is 7.11 Å². The van der Waals surface area contributed by atoms with Gasteiger partial charge < -0.3 is 15.4 Å². The first-order chi connectivity index (χ1) is 10.8. The number of nitrogens with one attached hydrogen (secondary N) is 2. The molecule has 0 saturated heterocycles. The molecule has 0 aliphatic heterocycles. The largest absolute Gasteiger partial charge is 0.453 e. The van der Waals surface area contributed by atoms with Crippen molar-refractivity contribution in [3.05, 3.63) is 35.6 Å². The molecular formula is C17H25FN2O3. The minimum atomic E-state index is -0.641. The molecule has 1 aromatic carbocycles. The summed E-state index contributed by atoms with van der Waals surface area (Å²) in [6.07, 6.45) is 0.472. The Morgan fingerprint density at radius 3 is 2.26 bits per heavy atom. The van der Waals surface area contributed by atoms with E-state index in [4.69, 9.17) is 0 Å². The molecule has 2 N–H and O–H groups in total. The van der Waals surface area contributed by atoms with E-state index >= 15 is 0 Å². The molecule has 1 aromatic rings. The molecule has 0 bridgehead atoms. The van der Waals surface area contributed by atoms with Gasteiger partial charge >= 0.3 is 6.09 Å². The summed E-state index contributed by atoms with van der Waals surface area (Å²) in [6, 6.07) is 5.39. The van der Waals surface area contributed by atoms with Crippen molar-refractivity contribution in [2.45, 2.75) is 45.7 Å². The first-order valence-corrected chi connectivity index (χ1v) is 7.71. The number of carbonyl (C=O) groups excluding carboxylic acids is 2. The Kier molecular flexibility index (Phi) is 7.51. The Morgan fingerprint density at radius 2 is 1.74 bits per heavy atom. The van der Waals surface area contributed by atoms with E-state index in [2.05, 4.69) is 15.4 Å². The fourth-order valence-corrected chi connectivity index (χ4v) is 2.27. The summed E-state index contributed by atoms with van der Waals surface area (Å²) < 4.78 is 17.5. The highest BCUT2D eigenvalue weighted by molar-refractivity contribution is 5.85. The molecule has 0 unspecified atom stereocenters. The average molecular weight is 324 g/mol. The number of hydrogen-bond acceptors (Lipinski definition) is 3. The Morgan fingerprint density at radius 1 is 1.13 bits per heavy atom. The number of ether oxygens (including phenoxy) is 1.